The third-order valence-corrected chi connectivity index (χ3v) is 10.7. The monoisotopic (exact) mass is 639 g/mol. The van der Waals surface area contributed by atoms with Crippen molar-refractivity contribution < 1.29 is 27.9 Å². The molecule has 1 heterocycles. The maximum atomic E-state index is 13.9. The number of amides is 2. The highest BCUT2D eigenvalue weighted by Gasteiger charge is 2.60. The second-order valence-electron chi connectivity index (χ2n) is 13.2. The van der Waals surface area contributed by atoms with Crippen molar-refractivity contribution in [1.29, 1.82) is 0 Å². The summed E-state index contributed by atoms with van der Waals surface area (Å²) in [6.45, 7) is 10.0. The molecule has 47 heavy (non-hydrogen) atoms. The number of hydrogen-bond donors (Lipinski definition) is 2. The lowest BCUT2D eigenvalue weighted by atomic mass is 9.45. The minimum absolute atomic E-state index is 0.0399. The molecule has 3 aromatic carbocycles. The Labute approximate surface area is 274 Å². The van der Waals surface area contributed by atoms with Crippen LogP contribution in [-0.4, -0.2) is 51.1 Å². The van der Waals surface area contributed by atoms with E-state index in [0.717, 1.165) is 36.3 Å². The molecule has 2 N–H and O–H groups in total. The molecule has 3 aliphatic rings. The minimum atomic E-state index is -0.383. The number of nitrogens with zero attached hydrogens (tertiary/aromatic N) is 1. The third-order valence-electron chi connectivity index (χ3n) is 10.7. The summed E-state index contributed by atoms with van der Waals surface area (Å²) < 4.78 is 25.2. The number of furan rings is 1. The van der Waals surface area contributed by atoms with E-state index in [1.54, 1.807) is 25.2 Å². The molecule has 0 spiro atoms. The predicted octanol–water partition coefficient (Wildman–Crippen LogP) is 7.07. The van der Waals surface area contributed by atoms with E-state index in [-0.39, 0.29) is 46.9 Å². The Morgan fingerprint density at radius 3 is 2.34 bits per heavy atom. The fourth-order valence-electron chi connectivity index (χ4n) is 7.80. The van der Waals surface area contributed by atoms with Gasteiger partial charge in [0.15, 0.2) is 0 Å². The highest BCUT2D eigenvalue weighted by Crippen LogP contribution is 2.60. The Morgan fingerprint density at radius 1 is 0.979 bits per heavy atom. The number of anilines is 1. The molecule has 4 atom stereocenters. The van der Waals surface area contributed by atoms with E-state index in [4.69, 9.17) is 9.15 Å². The first-order valence-electron chi connectivity index (χ1n) is 16.3. The lowest BCUT2D eigenvalue weighted by Crippen LogP contribution is -2.64. The van der Waals surface area contributed by atoms with Crippen molar-refractivity contribution in [2.45, 2.75) is 46.6 Å². The summed E-state index contributed by atoms with van der Waals surface area (Å²) in [4.78, 5) is 42.1. The highest BCUT2D eigenvalue weighted by atomic mass is 19.1. The van der Waals surface area contributed by atoms with Gasteiger partial charge in [-0.15, -0.1) is 0 Å². The number of halogens is 1. The standard InChI is InChI=1S/C38H42FN3O5/c1-7-42(8-2)30-20-31-27(32(36(44)40-5)34(47-31)21-12-14-25(39)15-13-21)19-26(30)22-10-9-11-23(16-22)35(43)41-33-28(37(45)46-6)17-24-18-29(33)38(24,3)4/h9-16,19-20,24,28-29,33H,7-8,17-18H2,1-6H3,(H,40,44)(H,41,43). The second kappa shape index (κ2) is 12.5. The van der Waals surface area contributed by atoms with Gasteiger partial charge in [-0.3, -0.25) is 14.4 Å². The van der Waals surface area contributed by atoms with Gasteiger partial charge in [0.2, 0.25) is 0 Å². The van der Waals surface area contributed by atoms with Crippen LogP contribution in [0.4, 0.5) is 10.1 Å². The lowest BCUT2D eigenvalue weighted by Gasteiger charge is -2.61. The quantitative estimate of drug-likeness (QED) is 0.190. The van der Waals surface area contributed by atoms with Gasteiger partial charge in [0.25, 0.3) is 11.8 Å². The number of fused-ring (bicyclic) bond motifs is 3. The van der Waals surface area contributed by atoms with Gasteiger partial charge < -0.3 is 24.7 Å². The average Bonchev–Trinajstić information content (AvgIpc) is 3.46. The number of esters is 1. The Kier molecular flexibility index (Phi) is 8.59. The Hall–Kier alpha value is -4.66. The van der Waals surface area contributed by atoms with Gasteiger partial charge in [-0.2, -0.15) is 0 Å². The van der Waals surface area contributed by atoms with Crippen LogP contribution in [0.3, 0.4) is 0 Å². The van der Waals surface area contributed by atoms with Gasteiger partial charge in [0.05, 0.1) is 18.6 Å². The number of nitrogens with one attached hydrogen (secondary N) is 2. The van der Waals surface area contributed by atoms with Gasteiger partial charge in [0, 0.05) is 60.0 Å². The summed E-state index contributed by atoms with van der Waals surface area (Å²) in [5, 5.41) is 6.55. The largest absolute Gasteiger partial charge is 0.469 e. The molecule has 0 aliphatic heterocycles. The molecular weight excluding hydrogens is 597 g/mol. The first-order chi connectivity index (χ1) is 22.5. The summed E-state index contributed by atoms with van der Waals surface area (Å²) in [5.41, 5.74) is 4.49. The molecule has 4 unspecified atom stereocenters. The fourth-order valence-corrected chi connectivity index (χ4v) is 7.80. The van der Waals surface area contributed by atoms with Crippen molar-refractivity contribution in [3.63, 3.8) is 0 Å². The number of benzene rings is 3. The van der Waals surface area contributed by atoms with Crippen molar-refractivity contribution >= 4 is 34.4 Å². The Bertz CT molecular complexity index is 1840. The first kappa shape index (κ1) is 32.3. The zero-order valence-corrected chi connectivity index (χ0v) is 27.8. The van der Waals surface area contributed by atoms with Crippen LogP contribution in [0, 0.1) is 29.0 Å². The normalized spacial score (nSPS) is 21.1. The van der Waals surface area contributed by atoms with E-state index >= 15 is 0 Å². The molecule has 246 valence electrons. The highest BCUT2D eigenvalue weighted by molar-refractivity contribution is 6.13. The molecule has 7 rings (SSSR count). The van der Waals surface area contributed by atoms with Gasteiger partial charge in [0.1, 0.15) is 17.2 Å². The fraction of sp³-hybridized carbons (Fsp3) is 0.395. The second-order valence-corrected chi connectivity index (χ2v) is 13.2. The molecule has 0 saturated heterocycles. The molecule has 0 radical (unpaired) electrons. The molecule has 3 saturated carbocycles. The molecule has 3 fully saturated rings. The van der Waals surface area contributed by atoms with Crippen LogP contribution in [0.25, 0.3) is 33.4 Å². The summed E-state index contributed by atoms with van der Waals surface area (Å²) in [6.07, 6.45) is 1.68. The number of methoxy groups -OCH3 is 1. The minimum Gasteiger partial charge on any atom is -0.469 e. The van der Waals surface area contributed by atoms with Crippen LogP contribution in [-0.2, 0) is 9.53 Å². The van der Waals surface area contributed by atoms with Crippen LogP contribution in [0.1, 0.15) is 61.3 Å². The number of rotatable bonds is 9. The molecule has 1 aromatic heterocycles. The van der Waals surface area contributed by atoms with Crippen LogP contribution < -0.4 is 15.5 Å². The van der Waals surface area contributed by atoms with E-state index in [9.17, 15) is 18.8 Å². The molecule has 2 amide bonds. The summed E-state index contributed by atoms with van der Waals surface area (Å²) in [7, 11) is 2.96. The Morgan fingerprint density at radius 2 is 1.70 bits per heavy atom. The Balaban J connectivity index is 1.43. The van der Waals surface area contributed by atoms with Crippen molar-refractivity contribution in [3.05, 3.63) is 77.6 Å². The third kappa shape index (κ3) is 5.55. The van der Waals surface area contributed by atoms with Crippen LogP contribution >= 0.6 is 0 Å². The maximum Gasteiger partial charge on any atom is 0.310 e. The van der Waals surface area contributed by atoms with E-state index in [2.05, 4.69) is 43.2 Å². The number of carbonyl (C=O) groups excluding carboxylic acids is 3. The number of ether oxygens (including phenoxy) is 1. The molecular formula is C38H42FN3O5. The average molecular weight is 640 g/mol. The smallest absolute Gasteiger partial charge is 0.310 e. The van der Waals surface area contributed by atoms with Crippen LogP contribution in [0.2, 0.25) is 0 Å². The summed E-state index contributed by atoms with van der Waals surface area (Å²) in [6, 6.07) is 16.8. The van der Waals surface area contributed by atoms with Crippen molar-refractivity contribution in [2.75, 3.05) is 32.1 Å². The van der Waals surface area contributed by atoms with Gasteiger partial charge >= 0.3 is 5.97 Å². The SMILES string of the molecule is CCN(CC)c1cc2oc(-c3ccc(F)cc3)c(C(=O)NC)c2cc1-c1cccc(C(=O)NC2C(C(=O)OC)CC3CC2C3(C)C)c1. The van der Waals surface area contributed by atoms with Crippen molar-refractivity contribution in [3.8, 4) is 22.5 Å². The zero-order valence-electron chi connectivity index (χ0n) is 27.8. The van der Waals surface area contributed by atoms with Gasteiger partial charge in [-0.05, 0) is 92.0 Å². The molecule has 2 bridgehead atoms. The molecule has 4 aromatic rings. The van der Waals surface area contributed by atoms with Gasteiger partial charge in [-0.25, -0.2) is 4.39 Å². The van der Waals surface area contributed by atoms with Gasteiger partial charge in [-0.1, -0.05) is 26.0 Å². The number of hydrogen-bond acceptors (Lipinski definition) is 6. The predicted molar refractivity (Wildman–Crippen MR) is 181 cm³/mol. The zero-order chi connectivity index (χ0) is 33.6. The van der Waals surface area contributed by atoms with E-state index in [0.29, 0.717) is 45.8 Å². The van der Waals surface area contributed by atoms with Crippen LogP contribution in [0.5, 0.6) is 0 Å². The van der Waals surface area contributed by atoms with Crippen LogP contribution in [0.15, 0.2) is 65.1 Å². The molecule has 9 heteroatoms. The molecule has 8 nitrogen and oxygen atoms in total. The van der Waals surface area contributed by atoms with E-state index in [1.165, 1.54) is 19.2 Å². The summed E-state index contributed by atoms with van der Waals surface area (Å²) in [5.74, 6) is -0.632. The molecule has 3 aliphatic carbocycles. The summed E-state index contributed by atoms with van der Waals surface area (Å²) >= 11 is 0. The maximum absolute atomic E-state index is 13.9. The van der Waals surface area contributed by atoms with Crippen molar-refractivity contribution in [1.82, 2.24) is 10.6 Å². The van der Waals surface area contributed by atoms with Crippen molar-refractivity contribution in [2.24, 2.45) is 23.2 Å². The lowest BCUT2D eigenvalue weighted by molar-refractivity contribution is -0.164. The van der Waals surface area contributed by atoms with E-state index in [1.807, 2.05) is 30.3 Å². The number of carbonyl (C=O) groups is 3. The topological polar surface area (TPSA) is 101 Å². The van der Waals surface area contributed by atoms with E-state index < -0.39 is 0 Å². The first-order valence-corrected chi connectivity index (χ1v) is 16.3.